The first kappa shape index (κ1) is 59.3. The van der Waals surface area contributed by atoms with E-state index >= 15 is 0 Å². The Balaban J connectivity index is 0.00000555. The number of unbranched alkanes of at least 4 members (excludes halogenated alkanes) is 1. The minimum absolute atomic E-state index is 0.0486. The van der Waals surface area contributed by atoms with Gasteiger partial charge in [0.05, 0.1) is 28.9 Å². The van der Waals surface area contributed by atoms with Crippen molar-refractivity contribution >= 4 is 41.6 Å². The molecule has 0 spiro atoms. The molecule has 14 nitrogen and oxygen atoms in total. The summed E-state index contributed by atoms with van der Waals surface area (Å²) in [4.78, 5) is 47.2. The van der Waals surface area contributed by atoms with Crippen LogP contribution in [-0.4, -0.2) is 109 Å². The van der Waals surface area contributed by atoms with Gasteiger partial charge in [-0.15, -0.1) is 0 Å². The van der Waals surface area contributed by atoms with Crippen LogP contribution in [0, 0.1) is 29.8 Å². The van der Waals surface area contributed by atoms with Crippen molar-refractivity contribution in [3.63, 3.8) is 0 Å². The van der Waals surface area contributed by atoms with E-state index in [4.69, 9.17) is 44.1 Å². The molecule has 3 heterocycles. The van der Waals surface area contributed by atoms with Crippen molar-refractivity contribution in [2.24, 2.45) is 28.8 Å². The van der Waals surface area contributed by atoms with Gasteiger partial charge in [-0.25, -0.2) is 0 Å². The molecule has 0 bridgehead atoms. The molecule has 4 aromatic rings. The van der Waals surface area contributed by atoms with E-state index in [0.717, 1.165) is 82.2 Å². The fourth-order valence-electron chi connectivity index (χ4n) is 9.80. The molecule has 0 aliphatic carbocycles. The third-order valence-corrected chi connectivity index (χ3v) is 14.2. The van der Waals surface area contributed by atoms with E-state index in [1.165, 1.54) is 18.7 Å². The van der Waals surface area contributed by atoms with Gasteiger partial charge in [-0.3, -0.25) is 30.7 Å². The van der Waals surface area contributed by atoms with Crippen LogP contribution in [0.1, 0.15) is 96.6 Å². The number of likely N-dealkylation sites (N-methyl/N-ethyl adjacent to an activating group) is 1. The smallest absolute Gasteiger partial charge is 0.245 e. The van der Waals surface area contributed by atoms with Crippen molar-refractivity contribution in [1.82, 2.24) is 30.1 Å². The highest BCUT2D eigenvalue weighted by Gasteiger charge is 2.38. The van der Waals surface area contributed by atoms with Crippen molar-refractivity contribution in [3.8, 4) is 34.9 Å². The van der Waals surface area contributed by atoms with E-state index in [-0.39, 0.29) is 41.9 Å². The number of benzene rings is 2. The number of carbonyl (C=O) groups excluding carboxylic acids is 3. The van der Waals surface area contributed by atoms with E-state index in [2.05, 4.69) is 110 Å². The highest BCUT2D eigenvalue weighted by atomic mass is 32.1. The molecule has 0 saturated carbocycles. The monoisotopic (exact) mass is 1010 g/mol. The number of thiol groups is 1. The number of nitrogens with two attached hydrogens (primary N) is 2. The predicted molar refractivity (Wildman–Crippen MR) is 295 cm³/mol. The summed E-state index contributed by atoms with van der Waals surface area (Å²) in [6, 6.07) is 18.8. The van der Waals surface area contributed by atoms with Gasteiger partial charge in [0.2, 0.25) is 11.8 Å². The van der Waals surface area contributed by atoms with Crippen LogP contribution in [0.5, 0.6) is 0 Å². The largest absolute Gasteiger partial charge is 0.446 e. The molecule has 6 N–H and O–H groups in total. The third-order valence-electron chi connectivity index (χ3n) is 13.7. The molecule has 1 aliphatic heterocycles. The molecular formula is C57H82N8O6S. The zero-order valence-electron chi connectivity index (χ0n) is 44.3. The molecule has 4 unspecified atom stereocenters. The number of methoxy groups -OCH3 is 1. The molecular weight excluding hydrogens is 925 g/mol. The van der Waals surface area contributed by atoms with Gasteiger partial charge in [0, 0.05) is 80.1 Å². The molecule has 2 aromatic carbocycles. The number of nitrogens with one attached hydrogen (secondary N) is 2. The Kier molecular flexibility index (Phi) is 23.2. The Morgan fingerprint density at radius 1 is 1.08 bits per heavy atom. The summed E-state index contributed by atoms with van der Waals surface area (Å²) in [5.74, 6) is 4.92. The second kappa shape index (κ2) is 28.2. The minimum Gasteiger partial charge on any atom is -0.446 e. The van der Waals surface area contributed by atoms with Crippen LogP contribution in [0.4, 0.5) is 0 Å². The molecule has 72 heavy (non-hydrogen) atoms. The number of pyridine rings is 1. The van der Waals surface area contributed by atoms with Crippen LogP contribution in [0.3, 0.4) is 0 Å². The number of aldehydes is 1. The number of nitrogens with zero attached hydrogens (tertiary/aromatic N) is 4. The number of hydrazine groups is 1. The number of ether oxygens (including phenoxy) is 3. The third kappa shape index (κ3) is 15.1. The van der Waals surface area contributed by atoms with Crippen LogP contribution in [0.2, 0.25) is 0 Å². The maximum Gasteiger partial charge on any atom is 0.245 e. The van der Waals surface area contributed by atoms with E-state index in [1.807, 2.05) is 45.0 Å². The highest BCUT2D eigenvalue weighted by molar-refractivity contribution is 7.81. The zero-order valence-corrected chi connectivity index (χ0v) is 45.2. The van der Waals surface area contributed by atoms with Gasteiger partial charge in [0.25, 0.3) is 0 Å². The molecule has 1 fully saturated rings. The summed E-state index contributed by atoms with van der Waals surface area (Å²) >= 11 is 5.11. The minimum atomic E-state index is -1.05. The summed E-state index contributed by atoms with van der Waals surface area (Å²) in [5, 5.41) is 3.83. The lowest BCUT2D eigenvalue weighted by atomic mass is 9.84. The standard InChI is InChI=1S/C56H77N7O6S.CH5N/c1-12-49(65)62-29-25-56(35-64,26-30-62)69-37-61(10)51(38(4)5)53(66)60-54(70)45(39(6)19-15-16-28-59-57)32-41-20-17-21-42(31-41)43-23-24-48-46(33-43)47(34-55(8,9)36-68-14-3)52(63(48)13-2)44-22-18-27-58-50(44)40(7)67-11;1-2/h3,12,17-18,20-24,27,31,33,35,38,40,45,51,54,59,70H,1,6,13,15-16,19,25-26,28-30,32,34,36-37,57H2,2,4-5,7-11H3,(H,60,66);2H2,1H3. The number of aryl methyl sites for hydroxylation is 1. The quantitative estimate of drug-likeness (QED) is 0.00447. The number of fused-ring (bicyclic) bond motifs is 1. The summed E-state index contributed by atoms with van der Waals surface area (Å²) in [6.45, 7) is 23.3. The summed E-state index contributed by atoms with van der Waals surface area (Å²) in [5.41, 5.74) is 15.4. The number of carbonyl (C=O) groups is 3. The number of aromatic nitrogens is 2. The summed E-state index contributed by atoms with van der Waals surface area (Å²) < 4.78 is 20.0. The first-order valence-electron chi connectivity index (χ1n) is 25.2. The van der Waals surface area contributed by atoms with Gasteiger partial charge in [0.15, 0.2) is 6.29 Å². The summed E-state index contributed by atoms with van der Waals surface area (Å²) in [7, 11) is 5.03. The van der Waals surface area contributed by atoms with E-state index in [0.29, 0.717) is 51.9 Å². The molecule has 5 rings (SSSR count). The summed E-state index contributed by atoms with van der Waals surface area (Å²) in [6.07, 6.45) is 16.2. The Morgan fingerprint density at radius 2 is 1.79 bits per heavy atom. The van der Waals surface area contributed by atoms with Crippen LogP contribution >= 0.6 is 12.6 Å². The maximum atomic E-state index is 14.3. The fraction of sp³-hybridized carbons (Fsp3) is 0.509. The normalized spacial score (nSPS) is 15.2. The van der Waals surface area contributed by atoms with Crippen molar-refractivity contribution in [2.45, 2.75) is 116 Å². The van der Waals surface area contributed by atoms with E-state index in [1.54, 1.807) is 12.0 Å². The second-order valence-electron chi connectivity index (χ2n) is 19.8. The van der Waals surface area contributed by atoms with Crippen LogP contribution in [-0.2, 0) is 48.0 Å². The van der Waals surface area contributed by atoms with Gasteiger partial charge >= 0.3 is 0 Å². The molecule has 0 radical (unpaired) electrons. The number of rotatable bonds is 27. The molecule has 15 heteroatoms. The fourth-order valence-corrected chi connectivity index (χ4v) is 10.2. The number of piperidine rings is 1. The second-order valence-corrected chi connectivity index (χ2v) is 20.4. The first-order valence-corrected chi connectivity index (χ1v) is 25.7. The molecule has 2 aromatic heterocycles. The lowest BCUT2D eigenvalue weighted by Crippen LogP contribution is -2.54. The van der Waals surface area contributed by atoms with Crippen molar-refractivity contribution in [3.05, 3.63) is 102 Å². The van der Waals surface area contributed by atoms with Gasteiger partial charge in [0.1, 0.15) is 25.0 Å². The Morgan fingerprint density at radius 3 is 2.42 bits per heavy atom. The van der Waals surface area contributed by atoms with Crippen molar-refractivity contribution < 1.29 is 28.6 Å². The molecule has 1 aliphatic rings. The lowest BCUT2D eigenvalue weighted by molar-refractivity contribution is -0.156. The molecule has 2 amide bonds. The Labute approximate surface area is 435 Å². The Hall–Kier alpha value is -5.31. The first-order chi connectivity index (χ1) is 34.5. The van der Waals surface area contributed by atoms with Crippen molar-refractivity contribution in [1.29, 1.82) is 0 Å². The maximum absolute atomic E-state index is 14.3. The van der Waals surface area contributed by atoms with Gasteiger partial charge in [-0.1, -0.05) is 83.2 Å². The van der Waals surface area contributed by atoms with E-state index < -0.39 is 17.0 Å². The van der Waals surface area contributed by atoms with Crippen LogP contribution in [0.15, 0.2) is 85.6 Å². The van der Waals surface area contributed by atoms with Crippen LogP contribution in [0.25, 0.3) is 33.3 Å². The Bertz CT molecular complexity index is 2470. The van der Waals surface area contributed by atoms with Gasteiger partial charge in [-0.2, -0.15) is 12.6 Å². The van der Waals surface area contributed by atoms with Gasteiger partial charge in [-0.05, 0) is 119 Å². The SMILES string of the molecule is C#COCC(C)(C)Cc1c(-c2cccnc2C(C)OC)n(CC)c2ccc(-c3cccc(CC(C(=C)CCCCNN)C(S)NC(=O)C(C(C)C)N(C)COC4(C=O)CCN(C(=O)C=C)CC4)c3)cc12.CN. The molecule has 392 valence electrons. The number of terminal acetylenes is 1. The van der Waals surface area contributed by atoms with Crippen molar-refractivity contribution in [2.75, 3.05) is 54.2 Å². The number of amides is 2. The zero-order chi connectivity index (χ0) is 53.2. The lowest BCUT2D eigenvalue weighted by Gasteiger charge is -2.40. The van der Waals surface area contributed by atoms with E-state index in [9.17, 15) is 14.4 Å². The molecule has 1 saturated heterocycles. The number of hydrogen-bond acceptors (Lipinski definition) is 12. The molecule has 4 atom stereocenters. The highest BCUT2D eigenvalue weighted by Crippen LogP contribution is 2.42. The number of likely N-dealkylation sites (tertiary alicyclic amines) is 1. The average Bonchev–Trinajstić information content (AvgIpc) is 3.69. The average molecular weight is 1010 g/mol. The van der Waals surface area contributed by atoms with Gasteiger partial charge < -0.3 is 39.5 Å². The van der Waals surface area contributed by atoms with Crippen LogP contribution < -0.4 is 22.3 Å². The predicted octanol–water partition coefficient (Wildman–Crippen LogP) is 8.25. The number of hydrogen-bond donors (Lipinski definition) is 5. The topological polar surface area (TPSA) is 179 Å².